The molecule has 0 unspecified atom stereocenters. The molecule has 5 heteroatoms. The quantitative estimate of drug-likeness (QED) is 0.137. The summed E-state index contributed by atoms with van der Waals surface area (Å²) >= 11 is 0. The van der Waals surface area contributed by atoms with Gasteiger partial charge < -0.3 is 14.6 Å². The predicted molar refractivity (Wildman–Crippen MR) is 232 cm³/mol. The van der Waals surface area contributed by atoms with Crippen LogP contribution in [0.2, 0.25) is 0 Å². The number of rotatable bonds is 5. The summed E-state index contributed by atoms with van der Waals surface area (Å²) in [5.74, 6) is 0.347. The average Bonchev–Trinajstić information content (AvgIpc) is 3.83. The van der Waals surface area contributed by atoms with E-state index in [2.05, 4.69) is 90.8 Å². The molecule has 0 fully saturated rings. The number of aliphatic imine (C=N–C) groups is 1. The van der Waals surface area contributed by atoms with E-state index in [1.807, 2.05) is 109 Å². The molecule has 0 saturated carbocycles. The summed E-state index contributed by atoms with van der Waals surface area (Å²) in [4.78, 5) is 4.57. The highest BCUT2D eigenvalue weighted by molar-refractivity contribution is 6.21. The van der Waals surface area contributed by atoms with E-state index in [1.54, 1.807) is 0 Å². The molecule has 0 bridgehead atoms. The van der Waals surface area contributed by atoms with Crippen molar-refractivity contribution >= 4 is 55.5 Å². The highest BCUT2D eigenvalue weighted by Crippen LogP contribution is 2.42. The Hall–Kier alpha value is -7.50. The standard InChI is InChI=1S/C44H29N3O2.C7H8/c45-43(30-20-18-29(19-21-30)27-10-3-1-4-11-27)47-44(46)34-15-9-17-39-42(34)36-24-31(22-23-38(36)48-39)35-25-32(28-12-5-2-6-13-28)26-40-41(35)33-14-7-8-16-37(33)49-40;1-7-5-3-2-4-6-7/h1-26H,(H3,45,46,47);2-6H,1H3. The Balaban J connectivity index is 0.000000530. The number of hydrogen-bond donors (Lipinski definition) is 2. The first kappa shape index (κ1) is 34.3. The lowest BCUT2D eigenvalue weighted by molar-refractivity contribution is 0.669. The second-order valence-electron chi connectivity index (χ2n) is 13.8. The van der Waals surface area contributed by atoms with Gasteiger partial charge in [0.2, 0.25) is 0 Å². The number of para-hydroxylation sites is 1. The lowest BCUT2D eigenvalue weighted by Gasteiger charge is -2.09. The molecule has 5 nitrogen and oxygen atoms in total. The Bertz CT molecular complexity index is 3030. The summed E-state index contributed by atoms with van der Waals surface area (Å²) in [6, 6.07) is 63.2. The van der Waals surface area contributed by atoms with E-state index < -0.39 is 0 Å². The SMILES string of the molecule is Cc1ccccc1.N=C(N=C(N)c1cccc2oc3ccc(-c4cc(-c5ccccc5)cc5oc6ccccc6c45)cc3c12)c1ccc(-c2ccccc2)cc1. The average molecular weight is 724 g/mol. The molecule has 3 N–H and O–H groups in total. The van der Waals surface area contributed by atoms with Crippen LogP contribution < -0.4 is 5.73 Å². The van der Waals surface area contributed by atoms with Crippen molar-refractivity contribution in [2.45, 2.75) is 6.92 Å². The Kier molecular flexibility index (Phi) is 9.02. The van der Waals surface area contributed by atoms with Crippen molar-refractivity contribution in [3.8, 4) is 33.4 Å². The Morgan fingerprint density at radius 3 is 1.73 bits per heavy atom. The molecule has 0 aliphatic carbocycles. The van der Waals surface area contributed by atoms with Crippen LogP contribution in [0.15, 0.2) is 202 Å². The molecular formula is C51H37N3O2. The lowest BCUT2D eigenvalue weighted by Crippen LogP contribution is -2.16. The van der Waals surface area contributed by atoms with Gasteiger partial charge in [-0.15, -0.1) is 0 Å². The van der Waals surface area contributed by atoms with Gasteiger partial charge in [0.1, 0.15) is 28.2 Å². The molecular weight excluding hydrogens is 687 g/mol. The Morgan fingerprint density at radius 1 is 0.464 bits per heavy atom. The largest absolute Gasteiger partial charge is 0.456 e. The van der Waals surface area contributed by atoms with E-state index in [-0.39, 0.29) is 11.7 Å². The number of amidine groups is 2. The van der Waals surface area contributed by atoms with E-state index in [0.717, 1.165) is 77.2 Å². The number of nitrogens with two attached hydrogens (primary N) is 1. The van der Waals surface area contributed by atoms with Gasteiger partial charge in [0, 0.05) is 32.7 Å². The first-order valence-electron chi connectivity index (χ1n) is 18.6. The van der Waals surface area contributed by atoms with E-state index in [4.69, 9.17) is 20.0 Å². The summed E-state index contributed by atoms with van der Waals surface area (Å²) in [6.45, 7) is 2.08. The van der Waals surface area contributed by atoms with Crippen LogP contribution in [-0.4, -0.2) is 11.7 Å². The summed E-state index contributed by atoms with van der Waals surface area (Å²) in [6.07, 6.45) is 0. The van der Waals surface area contributed by atoms with Gasteiger partial charge in [-0.25, -0.2) is 4.99 Å². The molecule has 2 heterocycles. The number of aryl methyl sites for hydroxylation is 1. The summed E-state index contributed by atoms with van der Waals surface area (Å²) < 4.78 is 12.7. The molecule has 0 radical (unpaired) electrons. The van der Waals surface area contributed by atoms with Crippen molar-refractivity contribution in [2.24, 2.45) is 10.7 Å². The predicted octanol–water partition coefficient (Wildman–Crippen LogP) is 13.2. The molecule has 56 heavy (non-hydrogen) atoms. The molecule has 0 saturated heterocycles. The van der Waals surface area contributed by atoms with Gasteiger partial charge >= 0.3 is 0 Å². The maximum atomic E-state index is 8.78. The molecule has 2 aromatic heterocycles. The second-order valence-corrected chi connectivity index (χ2v) is 13.8. The van der Waals surface area contributed by atoms with Gasteiger partial charge in [0.25, 0.3) is 0 Å². The minimum Gasteiger partial charge on any atom is -0.456 e. The van der Waals surface area contributed by atoms with Gasteiger partial charge in [-0.2, -0.15) is 0 Å². The fourth-order valence-electron chi connectivity index (χ4n) is 7.32. The minimum atomic E-state index is 0.0922. The molecule has 0 atom stereocenters. The van der Waals surface area contributed by atoms with Gasteiger partial charge in [0.15, 0.2) is 5.84 Å². The molecule has 0 spiro atoms. The molecule has 0 aliphatic rings. The number of fused-ring (bicyclic) bond motifs is 6. The maximum absolute atomic E-state index is 8.78. The third-order valence-corrected chi connectivity index (χ3v) is 10.1. The fourth-order valence-corrected chi connectivity index (χ4v) is 7.32. The highest BCUT2D eigenvalue weighted by atomic mass is 16.3. The minimum absolute atomic E-state index is 0.0922. The second kappa shape index (κ2) is 14.7. The molecule has 10 rings (SSSR count). The number of nitrogens with one attached hydrogen (secondary N) is 1. The number of furan rings is 2. The van der Waals surface area contributed by atoms with Crippen LogP contribution >= 0.6 is 0 Å². The first-order valence-corrected chi connectivity index (χ1v) is 18.6. The molecule has 10 aromatic rings. The summed E-state index contributed by atoms with van der Waals surface area (Å²) in [5.41, 5.74) is 19.0. The van der Waals surface area contributed by atoms with Crippen LogP contribution in [-0.2, 0) is 0 Å². The van der Waals surface area contributed by atoms with Crippen LogP contribution in [0.4, 0.5) is 0 Å². The zero-order chi connectivity index (χ0) is 38.0. The number of hydrogen-bond acceptors (Lipinski definition) is 3. The van der Waals surface area contributed by atoms with Gasteiger partial charge in [-0.1, -0.05) is 157 Å². The zero-order valence-corrected chi connectivity index (χ0v) is 30.7. The lowest BCUT2D eigenvalue weighted by atomic mass is 9.93. The fraction of sp³-hybridized carbons (Fsp3) is 0.0196. The van der Waals surface area contributed by atoms with Gasteiger partial charge in [-0.3, -0.25) is 5.41 Å². The molecule has 0 amide bonds. The monoisotopic (exact) mass is 723 g/mol. The van der Waals surface area contributed by atoms with E-state index in [1.165, 1.54) is 5.56 Å². The normalized spacial score (nSPS) is 11.6. The number of nitrogens with zero attached hydrogens (tertiary/aromatic N) is 1. The van der Waals surface area contributed by atoms with Crippen LogP contribution in [0.5, 0.6) is 0 Å². The maximum Gasteiger partial charge on any atom is 0.154 e. The van der Waals surface area contributed by atoms with E-state index >= 15 is 0 Å². The van der Waals surface area contributed by atoms with Crippen LogP contribution in [0, 0.1) is 12.3 Å². The van der Waals surface area contributed by atoms with Crippen molar-refractivity contribution in [3.63, 3.8) is 0 Å². The van der Waals surface area contributed by atoms with E-state index in [9.17, 15) is 0 Å². The van der Waals surface area contributed by atoms with Crippen molar-refractivity contribution in [1.82, 2.24) is 0 Å². The topological polar surface area (TPSA) is 88.5 Å². The smallest absolute Gasteiger partial charge is 0.154 e. The zero-order valence-electron chi connectivity index (χ0n) is 30.7. The van der Waals surface area contributed by atoms with Crippen LogP contribution in [0.25, 0.3) is 77.3 Å². The highest BCUT2D eigenvalue weighted by Gasteiger charge is 2.19. The Morgan fingerprint density at radius 2 is 1.04 bits per heavy atom. The first-order chi connectivity index (χ1) is 27.5. The number of benzene rings is 8. The van der Waals surface area contributed by atoms with Crippen molar-refractivity contribution < 1.29 is 8.83 Å². The van der Waals surface area contributed by atoms with Crippen molar-refractivity contribution in [2.75, 3.05) is 0 Å². The molecule has 0 aliphatic heterocycles. The van der Waals surface area contributed by atoms with Crippen molar-refractivity contribution in [1.29, 1.82) is 5.41 Å². The van der Waals surface area contributed by atoms with Gasteiger partial charge in [0.05, 0.1) is 0 Å². The Labute approximate surface area is 324 Å². The molecule has 268 valence electrons. The van der Waals surface area contributed by atoms with Crippen molar-refractivity contribution in [3.05, 3.63) is 205 Å². The third-order valence-electron chi connectivity index (χ3n) is 10.1. The van der Waals surface area contributed by atoms with Crippen LogP contribution in [0.3, 0.4) is 0 Å². The molecule has 8 aromatic carbocycles. The van der Waals surface area contributed by atoms with E-state index in [0.29, 0.717) is 11.1 Å². The third kappa shape index (κ3) is 6.63. The van der Waals surface area contributed by atoms with Gasteiger partial charge in [-0.05, 0) is 76.7 Å². The summed E-state index contributed by atoms with van der Waals surface area (Å²) in [7, 11) is 0. The van der Waals surface area contributed by atoms with Crippen LogP contribution in [0.1, 0.15) is 16.7 Å². The summed E-state index contributed by atoms with van der Waals surface area (Å²) in [5, 5.41) is 12.7.